The Bertz CT molecular complexity index is 912. The van der Waals surface area contributed by atoms with Gasteiger partial charge >= 0.3 is 0 Å². The Labute approximate surface area is 180 Å². The average molecular weight is 408 g/mol. The zero-order valence-corrected chi connectivity index (χ0v) is 18.6. The summed E-state index contributed by atoms with van der Waals surface area (Å²) in [6.45, 7) is 10.4. The van der Waals surface area contributed by atoms with E-state index in [1.54, 1.807) is 12.1 Å². The van der Waals surface area contributed by atoms with Gasteiger partial charge in [-0.25, -0.2) is 0 Å². The van der Waals surface area contributed by atoms with Crippen molar-refractivity contribution in [2.75, 3.05) is 5.32 Å². The SMILES string of the molecule is CC(C=CC1=C(C)C(O)CCC1(C)C)=CC=CC(C)=CC(=O)Nc1ccc(O)cc1. The van der Waals surface area contributed by atoms with Crippen LogP contribution in [-0.2, 0) is 4.79 Å². The number of anilines is 1. The van der Waals surface area contributed by atoms with Crippen LogP contribution >= 0.6 is 0 Å². The maximum Gasteiger partial charge on any atom is 0.248 e. The van der Waals surface area contributed by atoms with Gasteiger partial charge in [-0.05, 0) is 80.0 Å². The van der Waals surface area contributed by atoms with Gasteiger partial charge < -0.3 is 15.5 Å². The van der Waals surface area contributed by atoms with Crippen LogP contribution in [0.1, 0.15) is 47.5 Å². The van der Waals surface area contributed by atoms with Gasteiger partial charge in [0.25, 0.3) is 0 Å². The number of aliphatic hydroxyl groups is 1. The van der Waals surface area contributed by atoms with Crippen LogP contribution in [0.4, 0.5) is 5.69 Å². The van der Waals surface area contributed by atoms with Crippen molar-refractivity contribution in [2.45, 2.75) is 53.6 Å². The van der Waals surface area contributed by atoms with Gasteiger partial charge in [-0.1, -0.05) is 49.8 Å². The molecule has 0 radical (unpaired) electrons. The summed E-state index contributed by atoms with van der Waals surface area (Å²) < 4.78 is 0. The van der Waals surface area contributed by atoms with E-state index in [0.29, 0.717) is 5.69 Å². The zero-order chi connectivity index (χ0) is 22.3. The third kappa shape index (κ3) is 6.89. The van der Waals surface area contributed by atoms with E-state index in [9.17, 15) is 15.0 Å². The van der Waals surface area contributed by atoms with E-state index in [2.05, 4.69) is 31.3 Å². The first-order chi connectivity index (χ1) is 14.1. The quantitative estimate of drug-likeness (QED) is 0.315. The Kier molecular flexibility index (Phi) is 8.01. The van der Waals surface area contributed by atoms with Crippen LogP contribution in [-0.4, -0.2) is 22.2 Å². The molecule has 1 amide bonds. The first-order valence-corrected chi connectivity index (χ1v) is 10.3. The standard InChI is InChI=1S/C26H33NO3/c1-18(9-14-23-20(3)24(29)15-16-26(23,4)5)7-6-8-19(2)17-25(30)27-21-10-12-22(28)13-11-21/h6-14,17,24,28-29H,15-16H2,1-5H3,(H,27,30). The molecule has 4 nitrogen and oxygen atoms in total. The molecule has 0 heterocycles. The molecule has 2 rings (SSSR count). The van der Waals surface area contributed by atoms with Crippen LogP contribution < -0.4 is 5.32 Å². The van der Waals surface area contributed by atoms with Crippen molar-refractivity contribution >= 4 is 11.6 Å². The number of phenols is 1. The van der Waals surface area contributed by atoms with Crippen LogP contribution in [0.5, 0.6) is 5.75 Å². The van der Waals surface area contributed by atoms with Crippen molar-refractivity contribution in [1.29, 1.82) is 0 Å². The van der Waals surface area contributed by atoms with Crippen molar-refractivity contribution in [2.24, 2.45) is 5.41 Å². The van der Waals surface area contributed by atoms with Crippen molar-refractivity contribution in [3.8, 4) is 5.75 Å². The molecule has 0 bridgehead atoms. The van der Waals surface area contributed by atoms with E-state index in [4.69, 9.17) is 0 Å². The van der Waals surface area contributed by atoms with Gasteiger partial charge in [-0.3, -0.25) is 4.79 Å². The third-order valence-corrected chi connectivity index (χ3v) is 5.42. The van der Waals surface area contributed by atoms with E-state index in [1.807, 2.05) is 39.0 Å². The minimum absolute atomic E-state index is 0.0696. The number of rotatable bonds is 6. The molecule has 0 spiro atoms. The number of aliphatic hydroxyl groups excluding tert-OH is 1. The molecule has 0 saturated heterocycles. The first kappa shape index (κ1) is 23.4. The predicted octanol–water partition coefficient (Wildman–Crippen LogP) is 5.83. The highest BCUT2D eigenvalue weighted by atomic mass is 16.3. The number of nitrogens with one attached hydrogen (secondary N) is 1. The lowest BCUT2D eigenvalue weighted by atomic mass is 9.71. The number of phenolic OH excluding ortho intramolecular Hbond substituents is 1. The fourth-order valence-corrected chi connectivity index (χ4v) is 3.52. The molecule has 1 aliphatic carbocycles. The van der Waals surface area contributed by atoms with E-state index in [1.165, 1.54) is 23.8 Å². The summed E-state index contributed by atoms with van der Waals surface area (Å²) in [7, 11) is 0. The maximum absolute atomic E-state index is 12.1. The summed E-state index contributed by atoms with van der Waals surface area (Å²) in [5.41, 5.74) is 4.88. The van der Waals surface area contributed by atoms with Gasteiger partial charge in [0.2, 0.25) is 5.91 Å². The monoisotopic (exact) mass is 407 g/mol. The molecule has 1 aliphatic rings. The number of hydrogen-bond acceptors (Lipinski definition) is 3. The van der Waals surface area contributed by atoms with Gasteiger partial charge in [0.1, 0.15) is 5.75 Å². The lowest BCUT2D eigenvalue weighted by molar-refractivity contribution is -0.111. The Morgan fingerprint density at radius 3 is 2.47 bits per heavy atom. The van der Waals surface area contributed by atoms with Crippen molar-refractivity contribution < 1.29 is 15.0 Å². The minimum Gasteiger partial charge on any atom is -0.508 e. The molecule has 4 heteroatoms. The second kappa shape index (κ2) is 10.3. The highest BCUT2D eigenvalue weighted by Gasteiger charge is 2.30. The van der Waals surface area contributed by atoms with Crippen LogP contribution in [0, 0.1) is 5.41 Å². The van der Waals surface area contributed by atoms with Gasteiger partial charge in [-0.2, -0.15) is 0 Å². The van der Waals surface area contributed by atoms with Crippen LogP contribution in [0.25, 0.3) is 0 Å². The fourth-order valence-electron chi connectivity index (χ4n) is 3.52. The number of carbonyl (C=O) groups is 1. The maximum atomic E-state index is 12.1. The van der Waals surface area contributed by atoms with E-state index in [0.717, 1.165) is 29.6 Å². The van der Waals surface area contributed by atoms with Gasteiger partial charge in [-0.15, -0.1) is 0 Å². The smallest absolute Gasteiger partial charge is 0.248 e. The van der Waals surface area contributed by atoms with Crippen molar-refractivity contribution in [3.05, 3.63) is 83.0 Å². The Morgan fingerprint density at radius 2 is 1.80 bits per heavy atom. The summed E-state index contributed by atoms with van der Waals surface area (Å²) in [6, 6.07) is 6.35. The minimum atomic E-state index is -0.345. The normalized spacial score (nSPS) is 20.3. The molecule has 160 valence electrons. The summed E-state index contributed by atoms with van der Waals surface area (Å²) in [5.74, 6) is -0.0579. The molecule has 0 saturated carbocycles. The topological polar surface area (TPSA) is 69.6 Å². The van der Waals surface area contributed by atoms with Crippen LogP contribution in [0.3, 0.4) is 0 Å². The molecule has 1 atom stereocenters. The average Bonchev–Trinajstić information content (AvgIpc) is 2.66. The molecule has 0 fully saturated rings. The Morgan fingerprint density at radius 1 is 1.13 bits per heavy atom. The Balaban J connectivity index is 1.99. The van der Waals surface area contributed by atoms with Crippen LogP contribution in [0.2, 0.25) is 0 Å². The number of benzene rings is 1. The largest absolute Gasteiger partial charge is 0.508 e. The second-order valence-electron chi connectivity index (χ2n) is 8.56. The molecular formula is C26H33NO3. The lowest BCUT2D eigenvalue weighted by Crippen LogP contribution is -2.27. The number of aromatic hydroxyl groups is 1. The fraction of sp³-hybridized carbons (Fsp3) is 0.346. The van der Waals surface area contributed by atoms with Crippen molar-refractivity contribution in [1.82, 2.24) is 0 Å². The third-order valence-electron chi connectivity index (χ3n) is 5.42. The van der Waals surface area contributed by atoms with Crippen LogP contribution in [0.15, 0.2) is 83.0 Å². The number of allylic oxidation sites excluding steroid dienone is 8. The van der Waals surface area contributed by atoms with E-state index < -0.39 is 0 Å². The molecule has 1 unspecified atom stereocenters. The van der Waals surface area contributed by atoms with E-state index in [-0.39, 0.29) is 23.2 Å². The number of hydrogen-bond donors (Lipinski definition) is 3. The summed E-state index contributed by atoms with van der Waals surface area (Å²) in [5, 5.41) is 22.2. The van der Waals surface area contributed by atoms with Gasteiger partial charge in [0.05, 0.1) is 6.10 Å². The highest BCUT2D eigenvalue weighted by Crippen LogP contribution is 2.41. The molecule has 3 N–H and O–H groups in total. The highest BCUT2D eigenvalue weighted by molar-refractivity contribution is 5.99. The summed E-state index contributed by atoms with van der Waals surface area (Å²) in [6.07, 6.45) is 13.0. The molecular weight excluding hydrogens is 374 g/mol. The lowest BCUT2D eigenvalue weighted by Gasteiger charge is -2.35. The van der Waals surface area contributed by atoms with Crippen molar-refractivity contribution in [3.63, 3.8) is 0 Å². The summed E-state index contributed by atoms with van der Waals surface area (Å²) in [4.78, 5) is 12.1. The molecule has 1 aromatic rings. The molecule has 1 aromatic carbocycles. The van der Waals surface area contributed by atoms with Gasteiger partial charge in [0, 0.05) is 11.8 Å². The van der Waals surface area contributed by atoms with E-state index >= 15 is 0 Å². The zero-order valence-electron chi connectivity index (χ0n) is 18.6. The number of carbonyl (C=O) groups excluding carboxylic acids is 1. The summed E-state index contributed by atoms with van der Waals surface area (Å²) >= 11 is 0. The van der Waals surface area contributed by atoms with Gasteiger partial charge in [0.15, 0.2) is 0 Å². The second-order valence-corrected chi connectivity index (χ2v) is 8.56. The first-order valence-electron chi connectivity index (χ1n) is 10.3. The number of amides is 1. The predicted molar refractivity (Wildman–Crippen MR) is 124 cm³/mol. The molecule has 0 aliphatic heterocycles. The molecule has 0 aromatic heterocycles. The molecule has 30 heavy (non-hydrogen) atoms. The Hall–Kier alpha value is -2.85.